The lowest BCUT2D eigenvalue weighted by Gasteiger charge is -2.06. The second kappa shape index (κ2) is 6.53. The van der Waals surface area contributed by atoms with Crippen molar-refractivity contribution in [2.24, 2.45) is 0 Å². The van der Waals surface area contributed by atoms with E-state index in [1.807, 2.05) is 30.3 Å². The summed E-state index contributed by atoms with van der Waals surface area (Å²) in [6, 6.07) is 10.1. The van der Waals surface area contributed by atoms with Gasteiger partial charge in [-0.05, 0) is 18.1 Å². The number of nitrogens with zero attached hydrogens (tertiary/aromatic N) is 2. The van der Waals surface area contributed by atoms with Gasteiger partial charge in [0.05, 0.1) is 11.7 Å². The lowest BCUT2D eigenvalue weighted by atomic mass is 10.1. The lowest BCUT2D eigenvalue weighted by Crippen LogP contribution is -2.24. The standard InChI is InChI=1S/C16H16N4OS/c1-17-16-20-10-13(22-16)15(21)19-9-7-12-5-2-4-11-6-3-8-18-14(11)12/h2-6,8,10H,7,9H2,1H3,(H,17,20)(H,19,21). The van der Waals surface area contributed by atoms with Gasteiger partial charge in [-0.3, -0.25) is 9.78 Å². The molecule has 0 spiro atoms. The normalized spacial score (nSPS) is 10.6. The Morgan fingerprint density at radius 2 is 2.09 bits per heavy atom. The Hall–Kier alpha value is -2.47. The van der Waals surface area contributed by atoms with Crippen LogP contribution >= 0.6 is 11.3 Å². The first kappa shape index (κ1) is 14.5. The van der Waals surface area contributed by atoms with Crippen molar-refractivity contribution in [2.75, 3.05) is 18.9 Å². The van der Waals surface area contributed by atoms with Crippen molar-refractivity contribution in [2.45, 2.75) is 6.42 Å². The van der Waals surface area contributed by atoms with Gasteiger partial charge in [0.1, 0.15) is 4.88 Å². The Kier molecular flexibility index (Phi) is 4.29. The predicted molar refractivity (Wildman–Crippen MR) is 89.4 cm³/mol. The monoisotopic (exact) mass is 312 g/mol. The van der Waals surface area contributed by atoms with E-state index >= 15 is 0 Å². The van der Waals surface area contributed by atoms with Gasteiger partial charge in [-0.25, -0.2) is 4.98 Å². The minimum absolute atomic E-state index is 0.0906. The van der Waals surface area contributed by atoms with Crippen LogP contribution in [0.5, 0.6) is 0 Å². The summed E-state index contributed by atoms with van der Waals surface area (Å²) in [5, 5.41) is 7.71. The van der Waals surface area contributed by atoms with E-state index in [4.69, 9.17) is 0 Å². The third kappa shape index (κ3) is 3.07. The second-order valence-corrected chi connectivity index (χ2v) is 5.81. The number of benzene rings is 1. The molecular weight excluding hydrogens is 296 g/mol. The highest BCUT2D eigenvalue weighted by molar-refractivity contribution is 7.17. The molecule has 0 fully saturated rings. The highest BCUT2D eigenvalue weighted by Gasteiger charge is 2.09. The van der Waals surface area contributed by atoms with Crippen molar-refractivity contribution in [3.63, 3.8) is 0 Å². The molecule has 1 aromatic carbocycles. The van der Waals surface area contributed by atoms with Gasteiger partial charge < -0.3 is 10.6 Å². The van der Waals surface area contributed by atoms with Crippen LogP contribution in [-0.4, -0.2) is 29.5 Å². The number of anilines is 1. The summed E-state index contributed by atoms with van der Waals surface area (Å²) in [6.45, 7) is 0.571. The zero-order chi connectivity index (χ0) is 15.4. The molecular formula is C16H16N4OS. The van der Waals surface area contributed by atoms with Crippen molar-refractivity contribution in [3.8, 4) is 0 Å². The first-order chi connectivity index (χ1) is 10.8. The third-order valence-electron chi connectivity index (χ3n) is 3.34. The number of nitrogens with one attached hydrogen (secondary N) is 2. The highest BCUT2D eigenvalue weighted by Crippen LogP contribution is 2.18. The highest BCUT2D eigenvalue weighted by atomic mass is 32.1. The topological polar surface area (TPSA) is 66.9 Å². The summed E-state index contributed by atoms with van der Waals surface area (Å²) in [4.78, 5) is 21.2. The maximum atomic E-state index is 12.0. The van der Waals surface area contributed by atoms with Crippen LogP contribution in [0.1, 0.15) is 15.2 Å². The van der Waals surface area contributed by atoms with Gasteiger partial charge in [-0.2, -0.15) is 0 Å². The fourth-order valence-corrected chi connectivity index (χ4v) is 2.95. The van der Waals surface area contributed by atoms with Crippen LogP contribution in [0.3, 0.4) is 0 Å². The number of fused-ring (bicyclic) bond motifs is 1. The van der Waals surface area contributed by atoms with E-state index in [2.05, 4.69) is 20.6 Å². The van der Waals surface area contributed by atoms with E-state index < -0.39 is 0 Å². The fourth-order valence-electron chi connectivity index (χ4n) is 2.26. The minimum Gasteiger partial charge on any atom is -0.365 e. The molecule has 2 heterocycles. The van der Waals surface area contributed by atoms with Crippen LogP contribution in [0.25, 0.3) is 10.9 Å². The molecule has 5 nitrogen and oxygen atoms in total. The van der Waals surface area contributed by atoms with Gasteiger partial charge in [-0.1, -0.05) is 35.6 Å². The lowest BCUT2D eigenvalue weighted by molar-refractivity contribution is 0.0958. The fraction of sp³-hybridized carbons (Fsp3) is 0.188. The molecule has 0 aliphatic heterocycles. The van der Waals surface area contributed by atoms with Crippen LogP contribution in [-0.2, 0) is 6.42 Å². The Morgan fingerprint density at radius 1 is 1.23 bits per heavy atom. The number of carbonyl (C=O) groups is 1. The maximum absolute atomic E-state index is 12.0. The molecule has 0 saturated carbocycles. The van der Waals surface area contributed by atoms with Gasteiger partial charge in [-0.15, -0.1) is 0 Å². The van der Waals surface area contributed by atoms with Gasteiger partial charge >= 0.3 is 0 Å². The smallest absolute Gasteiger partial charge is 0.263 e. The molecule has 22 heavy (non-hydrogen) atoms. The molecule has 2 aromatic heterocycles. The van der Waals surface area contributed by atoms with Crippen LogP contribution in [0.15, 0.2) is 42.7 Å². The third-order valence-corrected chi connectivity index (χ3v) is 4.35. The molecule has 112 valence electrons. The van der Waals surface area contributed by atoms with Crippen molar-refractivity contribution in [1.29, 1.82) is 0 Å². The molecule has 0 aliphatic carbocycles. The van der Waals surface area contributed by atoms with Crippen LogP contribution < -0.4 is 10.6 Å². The van der Waals surface area contributed by atoms with Crippen molar-refractivity contribution < 1.29 is 4.79 Å². The van der Waals surface area contributed by atoms with E-state index in [1.54, 1.807) is 19.4 Å². The molecule has 3 rings (SSSR count). The number of carbonyl (C=O) groups excluding carboxylic acids is 1. The van der Waals surface area contributed by atoms with Crippen molar-refractivity contribution in [1.82, 2.24) is 15.3 Å². The van der Waals surface area contributed by atoms with E-state index in [0.717, 1.165) is 28.0 Å². The Balaban J connectivity index is 1.63. The molecule has 2 N–H and O–H groups in total. The summed E-state index contributed by atoms with van der Waals surface area (Å²) in [6.07, 6.45) is 4.13. The van der Waals surface area contributed by atoms with E-state index in [0.29, 0.717) is 11.4 Å². The Bertz CT molecular complexity index is 794. The molecule has 0 bridgehead atoms. The average Bonchev–Trinajstić information content (AvgIpc) is 3.04. The first-order valence-electron chi connectivity index (χ1n) is 7.02. The number of thiazole rings is 1. The number of aromatic nitrogens is 2. The van der Waals surface area contributed by atoms with Gasteiger partial charge in [0.25, 0.3) is 5.91 Å². The molecule has 0 unspecified atom stereocenters. The van der Waals surface area contributed by atoms with Crippen LogP contribution in [0.4, 0.5) is 5.13 Å². The number of amides is 1. The number of hydrogen-bond acceptors (Lipinski definition) is 5. The van der Waals surface area contributed by atoms with Crippen LogP contribution in [0, 0.1) is 0 Å². The Labute approximate surface area is 132 Å². The molecule has 0 aliphatic rings. The molecule has 1 amide bonds. The minimum atomic E-state index is -0.0906. The van der Waals surface area contributed by atoms with E-state index in [-0.39, 0.29) is 5.91 Å². The number of para-hydroxylation sites is 1. The first-order valence-corrected chi connectivity index (χ1v) is 7.84. The zero-order valence-corrected chi connectivity index (χ0v) is 13.0. The van der Waals surface area contributed by atoms with Crippen molar-refractivity contribution >= 4 is 33.3 Å². The summed E-state index contributed by atoms with van der Waals surface area (Å²) >= 11 is 1.34. The summed E-state index contributed by atoms with van der Waals surface area (Å²) in [5.74, 6) is -0.0906. The van der Waals surface area contributed by atoms with Crippen molar-refractivity contribution in [3.05, 3.63) is 53.2 Å². The van der Waals surface area contributed by atoms with Gasteiger partial charge in [0, 0.05) is 25.2 Å². The average molecular weight is 312 g/mol. The SMILES string of the molecule is CNc1ncc(C(=O)NCCc2cccc3cccnc23)s1. The Morgan fingerprint density at radius 3 is 2.91 bits per heavy atom. The van der Waals surface area contributed by atoms with Crippen LogP contribution in [0.2, 0.25) is 0 Å². The molecule has 6 heteroatoms. The quantitative estimate of drug-likeness (QED) is 0.760. The molecule has 0 atom stereocenters. The largest absolute Gasteiger partial charge is 0.365 e. The number of hydrogen-bond donors (Lipinski definition) is 2. The van der Waals surface area contributed by atoms with Gasteiger partial charge in [0.15, 0.2) is 5.13 Å². The predicted octanol–water partition coefficient (Wildman–Crippen LogP) is 2.71. The second-order valence-electron chi connectivity index (χ2n) is 4.78. The summed E-state index contributed by atoms with van der Waals surface area (Å²) < 4.78 is 0. The molecule has 0 saturated heterocycles. The molecule has 3 aromatic rings. The van der Waals surface area contributed by atoms with E-state index in [9.17, 15) is 4.79 Å². The number of pyridine rings is 1. The summed E-state index contributed by atoms with van der Waals surface area (Å²) in [7, 11) is 1.79. The maximum Gasteiger partial charge on any atom is 0.263 e. The summed E-state index contributed by atoms with van der Waals surface area (Å²) in [5.41, 5.74) is 2.13. The zero-order valence-electron chi connectivity index (χ0n) is 12.2. The van der Waals surface area contributed by atoms with Gasteiger partial charge in [0.2, 0.25) is 0 Å². The molecule has 0 radical (unpaired) electrons. The van der Waals surface area contributed by atoms with E-state index in [1.165, 1.54) is 11.3 Å². The number of rotatable bonds is 5.